The predicted octanol–water partition coefficient (Wildman–Crippen LogP) is 2.73. The maximum atomic E-state index is 13.1. The van der Waals surface area contributed by atoms with Crippen LogP contribution in [0.15, 0.2) is 28.9 Å². The van der Waals surface area contributed by atoms with Crippen LogP contribution in [0.5, 0.6) is 0 Å². The summed E-state index contributed by atoms with van der Waals surface area (Å²) in [6.45, 7) is 3.36. The number of halogens is 2. The van der Waals surface area contributed by atoms with Crippen LogP contribution in [0, 0.1) is 11.6 Å². The lowest BCUT2D eigenvalue weighted by Crippen LogP contribution is -2.11. The molecule has 17 heavy (non-hydrogen) atoms. The highest BCUT2D eigenvalue weighted by Crippen LogP contribution is 2.24. The Balaban J connectivity index is 2.32. The highest BCUT2D eigenvalue weighted by atomic mass is 19.2. The molecule has 1 N–H and O–H groups in total. The maximum Gasteiger partial charge on any atom is 0.171 e. The van der Waals surface area contributed by atoms with Gasteiger partial charge in [-0.25, -0.2) is 8.78 Å². The molecular weight excluding hydrogens is 226 g/mol. The molecule has 0 unspecified atom stereocenters. The molecule has 3 nitrogen and oxygen atoms in total. The van der Waals surface area contributed by atoms with Crippen LogP contribution in [0.3, 0.4) is 0 Å². The van der Waals surface area contributed by atoms with Gasteiger partial charge in [0.15, 0.2) is 17.4 Å². The van der Waals surface area contributed by atoms with E-state index in [0.717, 1.165) is 24.2 Å². The molecule has 0 atom stereocenters. The van der Waals surface area contributed by atoms with Gasteiger partial charge in [-0.3, -0.25) is 0 Å². The molecule has 1 aromatic carbocycles. The summed E-state index contributed by atoms with van der Waals surface area (Å²) in [4.78, 5) is 0. The van der Waals surface area contributed by atoms with Gasteiger partial charge in [-0.15, -0.1) is 0 Å². The molecular formula is C12H12F2N2O. The zero-order valence-corrected chi connectivity index (χ0v) is 9.34. The van der Waals surface area contributed by atoms with E-state index in [2.05, 4.69) is 10.5 Å². The van der Waals surface area contributed by atoms with Crippen molar-refractivity contribution in [3.8, 4) is 11.3 Å². The van der Waals surface area contributed by atoms with Crippen molar-refractivity contribution >= 4 is 0 Å². The van der Waals surface area contributed by atoms with E-state index in [1.54, 1.807) is 6.20 Å². The molecule has 0 aliphatic rings. The fourth-order valence-corrected chi connectivity index (χ4v) is 1.52. The van der Waals surface area contributed by atoms with Crippen LogP contribution in [-0.4, -0.2) is 11.7 Å². The first kappa shape index (κ1) is 11.7. The SMILES string of the molecule is CCNCc1cnoc1-c1ccc(F)c(F)c1. The van der Waals surface area contributed by atoms with Gasteiger partial charge < -0.3 is 9.84 Å². The topological polar surface area (TPSA) is 38.1 Å². The Morgan fingerprint density at radius 3 is 2.82 bits per heavy atom. The van der Waals surface area contributed by atoms with E-state index >= 15 is 0 Å². The minimum absolute atomic E-state index is 0.463. The normalized spacial score (nSPS) is 10.8. The average molecular weight is 238 g/mol. The molecule has 2 rings (SSSR count). The highest BCUT2D eigenvalue weighted by molar-refractivity contribution is 5.60. The van der Waals surface area contributed by atoms with Crippen molar-refractivity contribution < 1.29 is 13.3 Å². The van der Waals surface area contributed by atoms with Crippen molar-refractivity contribution in [3.05, 3.63) is 41.6 Å². The van der Waals surface area contributed by atoms with E-state index in [0.29, 0.717) is 17.9 Å². The molecule has 0 aliphatic carbocycles. The summed E-state index contributed by atoms with van der Waals surface area (Å²) >= 11 is 0. The number of nitrogens with zero attached hydrogens (tertiary/aromatic N) is 1. The lowest BCUT2D eigenvalue weighted by Gasteiger charge is -2.02. The van der Waals surface area contributed by atoms with Gasteiger partial charge in [0.1, 0.15) is 0 Å². The summed E-state index contributed by atoms with van der Waals surface area (Å²) in [5, 5.41) is 6.79. The van der Waals surface area contributed by atoms with Crippen LogP contribution in [-0.2, 0) is 6.54 Å². The fraction of sp³-hybridized carbons (Fsp3) is 0.250. The zero-order chi connectivity index (χ0) is 12.3. The smallest absolute Gasteiger partial charge is 0.171 e. The molecule has 0 saturated carbocycles. The monoisotopic (exact) mass is 238 g/mol. The first-order valence-electron chi connectivity index (χ1n) is 5.32. The molecule has 2 aromatic rings. The van der Waals surface area contributed by atoms with Gasteiger partial charge in [0.05, 0.1) is 6.20 Å². The summed E-state index contributed by atoms with van der Waals surface area (Å²) < 4.78 is 31.0. The second kappa shape index (κ2) is 5.05. The third-order valence-corrected chi connectivity index (χ3v) is 2.39. The Morgan fingerprint density at radius 2 is 2.12 bits per heavy atom. The van der Waals surface area contributed by atoms with Crippen LogP contribution in [0.1, 0.15) is 12.5 Å². The molecule has 0 saturated heterocycles. The number of nitrogens with one attached hydrogen (secondary N) is 1. The Hall–Kier alpha value is -1.75. The maximum absolute atomic E-state index is 13.1. The van der Waals surface area contributed by atoms with Gasteiger partial charge in [-0.1, -0.05) is 12.1 Å². The van der Waals surface area contributed by atoms with E-state index in [9.17, 15) is 8.78 Å². The molecule has 0 fully saturated rings. The third kappa shape index (κ3) is 2.50. The molecule has 0 bridgehead atoms. The summed E-state index contributed by atoms with van der Waals surface area (Å²) in [7, 11) is 0. The molecule has 0 radical (unpaired) electrons. The summed E-state index contributed by atoms with van der Waals surface area (Å²) in [5.41, 5.74) is 1.30. The van der Waals surface area contributed by atoms with Gasteiger partial charge >= 0.3 is 0 Å². The number of rotatable bonds is 4. The van der Waals surface area contributed by atoms with Crippen molar-refractivity contribution in [1.82, 2.24) is 10.5 Å². The first-order chi connectivity index (χ1) is 8.22. The minimum atomic E-state index is -0.895. The number of benzene rings is 1. The molecule has 0 amide bonds. The van der Waals surface area contributed by atoms with Gasteiger partial charge in [-0.05, 0) is 24.7 Å². The zero-order valence-electron chi connectivity index (χ0n) is 9.34. The number of hydrogen-bond acceptors (Lipinski definition) is 3. The third-order valence-electron chi connectivity index (χ3n) is 2.39. The van der Waals surface area contributed by atoms with Gasteiger partial charge in [0, 0.05) is 17.7 Å². The quantitative estimate of drug-likeness (QED) is 0.890. The summed E-state index contributed by atoms with van der Waals surface area (Å²) in [6, 6.07) is 3.64. The van der Waals surface area contributed by atoms with E-state index in [-0.39, 0.29) is 0 Å². The Morgan fingerprint density at radius 1 is 1.29 bits per heavy atom. The average Bonchev–Trinajstić information content (AvgIpc) is 2.78. The molecule has 0 spiro atoms. The molecule has 1 heterocycles. The molecule has 90 valence electrons. The van der Waals surface area contributed by atoms with Crippen LogP contribution in [0.2, 0.25) is 0 Å². The Bertz CT molecular complexity index is 511. The fourth-order valence-electron chi connectivity index (χ4n) is 1.52. The second-order valence-electron chi connectivity index (χ2n) is 3.59. The van der Waals surface area contributed by atoms with Gasteiger partial charge in [-0.2, -0.15) is 0 Å². The van der Waals surface area contributed by atoms with Crippen molar-refractivity contribution in [2.45, 2.75) is 13.5 Å². The van der Waals surface area contributed by atoms with Gasteiger partial charge in [0.2, 0.25) is 0 Å². The standard InChI is InChI=1S/C12H12F2N2O/c1-2-15-6-9-7-16-17-12(9)8-3-4-10(13)11(14)5-8/h3-5,7,15H,2,6H2,1H3. The van der Waals surface area contributed by atoms with Crippen LogP contribution in [0.25, 0.3) is 11.3 Å². The lowest BCUT2D eigenvalue weighted by molar-refractivity contribution is 0.430. The molecule has 5 heteroatoms. The second-order valence-corrected chi connectivity index (χ2v) is 3.59. The predicted molar refractivity (Wildman–Crippen MR) is 59.2 cm³/mol. The van der Waals surface area contributed by atoms with Gasteiger partial charge in [0.25, 0.3) is 0 Å². The summed E-state index contributed by atoms with van der Waals surface area (Å²) in [6.07, 6.45) is 1.57. The van der Waals surface area contributed by atoms with Crippen molar-refractivity contribution in [3.63, 3.8) is 0 Å². The van der Waals surface area contributed by atoms with Crippen molar-refractivity contribution in [2.75, 3.05) is 6.54 Å². The van der Waals surface area contributed by atoms with Crippen LogP contribution < -0.4 is 5.32 Å². The molecule has 0 aliphatic heterocycles. The Kier molecular flexibility index (Phi) is 3.49. The van der Waals surface area contributed by atoms with Crippen LogP contribution >= 0.6 is 0 Å². The van der Waals surface area contributed by atoms with E-state index in [4.69, 9.17) is 4.52 Å². The Labute approximate surface area is 97.4 Å². The van der Waals surface area contributed by atoms with Crippen molar-refractivity contribution in [1.29, 1.82) is 0 Å². The molecule has 1 aromatic heterocycles. The lowest BCUT2D eigenvalue weighted by atomic mass is 10.1. The number of aromatic nitrogens is 1. The first-order valence-corrected chi connectivity index (χ1v) is 5.32. The number of hydrogen-bond donors (Lipinski definition) is 1. The highest BCUT2D eigenvalue weighted by Gasteiger charge is 2.12. The van der Waals surface area contributed by atoms with E-state index < -0.39 is 11.6 Å². The van der Waals surface area contributed by atoms with E-state index in [1.807, 2.05) is 6.92 Å². The largest absolute Gasteiger partial charge is 0.356 e. The van der Waals surface area contributed by atoms with Crippen LogP contribution in [0.4, 0.5) is 8.78 Å². The minimum Gasteiger partial charge on any atom is -0.356 e. The van der Waals surface area contributed by atoms with E-state index in [1.165, 1.54) is 6.07 Å². The van der Waals surface area contributed by atoms with Crippen molar-refractivity contribution in [2.24, 2.45) is 0 Å². The summed E-state index contributed by atoms with van der Waals surface area (Å²) in [5.74, 6) is -1.31.